The highest BCUT2D eigenvalue weighted by Gasteiger charge is 2.10. The van der Waals surface area contributed by atoms with Crippen LogP contribution < -0.4 is 5.32 Å². The molecular formula is C21H25N3OS. The topological polar surface area (TPSA) is 65.8 Å². The van der Waals surface area contributed by atoms with Crippen molar-refractivity contribution in [3.8, 4) is 6.07 Å². The second-order valence-corrected chi connectivity index (χ2v) is 7.84. The van der Waals surface area contributed by atoms with Gasteiger partial charge < -0.3 is 5.32 Å². The van der Waals surface area contributed by atoms with Gasteiger partial charge in [0.05, 0.1) is 5.56 Å². The Bertz CT molecular complexity index is 824. The number of nitrogens with zero attached hydrogens (tertiary/aromatic N) is 2. The summed E-state index contributed by atoms with van der Waals surface area (Å²) in [7, 11) is 0. The van der Waals surface area contributed by atoms with Gasteiger partial charge in [-0.3, -0.25) is 4.79 Å². The summed E-state index contributed by atoms with van der Waals surface area (Å²) in [5, 5.41) is 12.9. The highest BCUT2D eigenvalue weighted by atomic mass is 32.2. The van der Waals surface area contributed by atoms with Gasteiger partial charge >= 0.3 is 0 Å². The number of aromatic nitrogens is 1. The molecule has 0 aliphatic rings. The maximum atomic E-state index is 12.2. The van der Waals surface area contributed by atoms with Crippen molar-refractivity contribution in [3.05, 3.63) is 52.7 Å². The molecule has 1 heterocycles. The van der Waals surface area contributed by atoms with Crippen molar-refractivity contribution in [1.29, 1.82) is 5.26 Å². The highest BCUT2D eigenvalue weighted by molar-refractivity contribution is 7.99. The highest BCUT2D eigenvalue weighted by Crippen LogP contribution is 2.23. The molecule has 2 aromatic rings. The average molecular weight is 368 g/mol. The number of benzene rings is 1. The number of thioether (sulfide) groups is 1. The van der Waals surface area contributed by atoms with Crippen LogP contribution in [0.4, 0.5) is 5.69 Å². The molecule has 0 saturated heterocycles. The maximum absolute atomic E-state index is 12.2. The predicted octanol–water partition coefficient (Wildman–Crippen LogP) is 4.89. The molecule has 5 heteroatoms. The van der Waals surface area contributed by atoms with Crippen LogP contribution in [-0.4, -0.2) is 16.6 Å². The third-order valence-corrected chi connectivity index (χ3v) is 5.10. The molecular weight excluding hydrogens is 342 g/mol. The lowest BCUT2D eigenvalue weighted by Gasteiger charge is -2.11. The second-order valence-electron chi connectivity index (χ2n) is 6.76. The van der Waals surface area contributed by atoms with Crippen LogP contribution in [0.1, 0.15) is 42.7 Å². The molecule has 1 N–H and O–H groups in total. The minimum atomic E-state index is -0.0250. The van der Waals surface area contributed by atoms with Gasteiger partial charge in [-0.05, 0) is 55.5 Å². The summed E-state index contributed by atoms with van der Waals surface area (Å²) in [6, 6.07) is 11.8. The molecule has 0 atom stereocenters. The summed E-state index contributed by atoms with van der Waals surface area (Å²) in [5.41, 5.74) is 4.65. The number of rotatable bonds is 7. The average Bonchev–Trinajstić information content (AvgIpc) is 2.59. The second kappa shape index (κ2) is 9.40. The summed E-state index contributed by atoms with van der Waals surface area (Å²) in [6.45, 7) is 8.32. The first-order chi connectivity index (χ1) is 12.4. The minimum Gasteiger partial charge on any atom is -0.326 e. The molecule has 2 rings (SSSR count). The standard InChI is InChI=1S/C21H25N3OS/c1-14(2)12-18-9-8-17(13-22)21(23-18)26-11-10-20(25)24-19-7-5-6-15(3)16(19)4/h5-9,14H,10-12H2,1-4H3,(H,24,25). The number of amides is 1. The summed E-state index contributed by atoms with van der Waals surface area (Å²) in [6.07, 6.45) is 1.26. The van der Waals surface area contributed by atoms with Crippen molar-refractivity contribution in [1.82, 2.24) is 4.98 Å². The van der Waals surface area contributed by atoms with Gasteiger partial charge in [0.2, 0.25) is 5.91 Å². The molecule has 0 aliphatic heterocycles. The fourth-order valence-electron chi connectivity index (χ4n) is 2.55. The Morgan fingerprint density at radius 1 is 1.27 bits per heavy atom. The first kappa shape index (κ1) is 20.0. The number of hydrogen-bond acceptors (Lipinski definition) is 4. The van der Waals surface area contributed by atoms with Crippen LogP contribution >= 0.6 is 11.8 Å². The summed E-state index contributed by atoms with van der Waals surface area (Å²) < 4.78 is 0. The Morgan fingerprint density at radius 2 is 2.04 bits per heavy atom. The summed E-state index contributed by atoms with van der Waals surface area (Å²) >= 11 is 1.46. The van der Waals surface area contributed by atoms with Crippen LogP contribution in [0.2, 0.25) is 0 Å². The number of aryl methyl sites for hydroxylation is 1. The fraction of sp³-hybridized carbons (Fsp3) is 0.381. The molecule has 0 spiro atoms. The predicted molar refractivity (Wildman–Crippen MR) is 107 cm³/mol. The quantitative estimate of drug-likeness (QED) is 0.708. The zero-order chi connectivity index (χ0) is 19.1. The number of nitrogens with one attached hydrogen (secondary N) is 1. The van der Waals surface area contributed by atoms with Crippen LogP contribution in [0, 0.1) is 31.1 Å². The Labute approximate surface area is 160 Å². The van der Waals surface area contributed by atoms with Gasteiger partial charge in [-0.25, -0.2) is 4.98 Å². The van der Waals surface area contributed by atoms with E-state index in [1.807, 2.05) is 44.2 Å². The molecule has 0 bridgehead atoms. The number of nitriles is 1. The largest absolute Gasteiger partial charge is 0.326 e. The van der Waals surface area contributed by atoms with Gasteiger partial charge in [-0.1, -0.05) is 26.0 Å². The summed E-state index contributed by atoms with van der Waals surface area (Å²) in [5.74, 6) is 1.07. The van der Waals surface area contributed by atoms with E-state index in [9.17, 15) is 10.1 Å². The molecule has 0 radical (unpaired) electrons. The molecule has 1 amide bonds. The maximum Gasteiger partial charge on any atom is 0.225 e. The van der Waals surface area contributed by atoms with E-state index in [0.29, 0.717) is 28.7 Å². The Kier molecular flexibility index (Phi) is 7.23. The molecule has 1 aromatic heterocycles. The summed E-state index contributed by atoms with van der Waals surface area (Å²) in [4.78, 5) is 16.8. The fourth-order valence-corrected chi connectivity index (χ4v) is 3.48. The van der Waals surface area contributed by atoms with Crippen molar-refractivity contribution in [2.75, 3.05) is 11.1 Å². The lowest BCUT2D eigenvalue weighted by atomic mass is 10.1. The van der Waals surface area contributed by atoms with Crippen molar-refractivity contribution in [2.24, 2.45) is 5.92 Å². The monoisotopic (exact) mass is 367 g/mol. The van der Waals surface area contributed by atoms with Gasteiger partial charge in [0.1, 0.15) is 11.1 Å². The number of pyridine rings is 1. The van der Waals surface area contributed by atoms with Crippen LogP contribution in [0.3, 0.4) is 0 Å². The first-order valence-electron chi connectivity index (χ1n) is 8.79. The van der Waals surface area contributed by atoms with Crippen molar-refractivity contribution >= 4 is 23.4 Å². The number of carbonyl (C=O) groups is 1. The normalized spacial score (nSPS) is 10.6. The zero-order valence-electron chi connectivity index (χ0n) is 15.8. The van der Waals surface area contributed by atoms with Gasteiger partial charge in [0, 0.05) is 23.6 Å². The molecule has 0 saturated carbocycles. The van der Waals surface area contributed by atoms with Gasteiger partial charge in [0.25, 0.3) is 0 Å². The molecule has 1 aromatic carbocycles. The Hall–Kier alpha value is -2.32. The SMILES string of the molecule is Cc1cccc(NC(=O)CCSc2nc(CC(C)C)ccc2C#N)c1C. The van der Waals surface area contributed by atoms with Gasteiger partial charge in [-0.2, -0.15) is 5.26 Å². The van der Waals surface area contributed by atoms with E-state index in [0.717, 1.165) is 28.9 Å². The lowest BCUT2D eigenvalue weighted by molar-refractivity contribution is -0.115. The van der Waals surface area contributed by atoms with Gasteiger partial charge in [0.15, 0.2) is 0 Å². The van der Waals surface area contributed by atoms with Gasteiger partial charge in [-0.15, -0.1) is 11.8 Å². The van der Waals surface area contributed by atoms with Crippen molar-refractivity contribution in [3.63, 3.8) is 0 Å². The molecule has 4 nitrogen and oxygen atoms in total. The lowest BCUT2D eigenvalue weighted by Crippen LogP contribution is -2.13. The molecule has 26 heavy (non-hydrogen) atoms. The van der Waals surface area contributed by atoms with Crippen molar-refractivity contribution < 1.29 is 4.79 Å². The van der Waals surface area contributed by atoms with E-state index in [2.05, 4.69) is 30.2 Å². The van der Waals surface area contributed by atoms with E-state index < -0.39 is 0 Å². The molecule has 0 fully saturated rings. The van der Waals surface area contributed by atoms with E-state index >= 15 is 0 Å². The zero-order valence-corrected chi connectivity index (χ0v) is 16.6. The molecule has 0 aliphatic carbocycles. The van der Waals surface area contributed by atoms with Crippen LogP contribution in [0.25, 0.3) is 0 Å². The van der Waals surface area contributed by atoms with Crippen LogP contribution in [0.15, 0.2) is 35.4 Å². The van der Waals surface area contributed by atoms with Crippen molar-refractivity contribution in [2.45, 2.75) is 45.6 Å². The van der Waals surface area contributed by atoms with E-state index in [1.165, 1.54) is 11.8 Å². The Balaban J connectivity index is 1.95. The van der Waals surface area contributed by atoms with Crippen LogP contribution in [-0.2, 0) is 11.2 Å². The number of carbonyl (C=O) groups excluding carboxylic acids is 1. The minimum absolute atomic E-state index is 0.0250. The number of hydrogen-bond donors (Lipinski definition) is 1. The smallest absolute Gasteiger partial charge is 0.225 e. The number of anilines is 1. The Morgan fingerprint density at radius 3 is 2.73 bits per heavy atom. The third-order valence-electron chi connectivity index (χ3n) is 4.10. The molecule has 0 unspecified atom stereocenters. The first-order valence-corrected chi connectivity index (χ1v) is 9.78. The van der Waals surface area contributed by atoms with E-state index in [1.54, 1.807) is 0 Å². The van der Waals surface area contributed by atoms with E-state index in [-0.39, 0.29) is 5.91 Å². The third kappa shape index (κ3) is 5.60. The van der Waals surface area contributed by atoms with Crippen LogP contribution in [0.5, 0.6) is 0 Å². The molecule has 136 valence electrons. The van der Waals surface area contributed by atoms with E-state index in [4.69, 9.17) is 0 Å².